The van der Waals surface area contributed by atoms with E-state index in [0.717, 1.165) is 49.6 Å². The highest BCUT2D eigenvalue weighted by molar-refractivity contribution is 5.48. The van der Waals surface area contributed by atoms with Gasteiger partial charge in [0.25, 0.3) is 0 Å². The Kier molecular flexibility index (Phi) is 4.96. The molecule has 0 spiro atoms. The molecule has 1 aromatic rings. The Bertz CT molecular complexity index is 417. The monoisotopic (exact) mass is 265 g/mol. The summed E-state index contributed by atoms with van der Waals surface area (Å²) in [7, 11) is 0. The van der Waals surface area contributed by atoms with Crippen LogP contribution in [0.3, 0.4) is 0 Å². The van der Waals surface area contributed by atoms with Gasteiger partial charge in [0.05, 0.1) is 18.8 Å². The zero-order valence-corrected chi connectivity index (χ0v) is 12.0. The van der Waals surface area contributed by atoms with E-state index in [1.165, 1.54) is 0 Å². The van der Waals surface area contributed by atoms with E-state index in [-0.39, 0.29) is 6.10 Å². The maximum Gasteiger partial charge on any atom is 0.222 e. The Hall–Kier alpha value is -1.36. The molecular formula is C14H23N3O2. The van der Waals surface area contributed by atoms with Gasteiger partial charge in [-0.3, -0.25) is 0 Å². The summed E-state index contributed by atoms with van der Waals surface area (Å²) in [6.45, 7) is 8.53. The molecule has 1 aliphatic rings. The van der Waals surface area contributed by atoms with Crippen molar-refractivity contribution in [2.75, 3.05) is 25.1 Å². The number of hydrogen-bond acceptors (Lipinski definition) is 5. The van der Waals surface area contributed by atoms with E-state index < -0.39 is 0 Å². The number of ether oxygens (including phenoxy) is 2. The van der Waals surface area contributed by atoms with Crippen LogP contribution in [0.5, 0.6) is 5.88 Å². The maximum absolute atomic E-state index is 5.95. The minimum absolute atomic E-state index is 0.123. The highest BCUT2D eigenvalue weighted by atomic mass is 16.5. The van der Waals surface area contributed by atoms with Crippen LogP contribution in [0.2, 0.25) is 0 Å². The first-order valence-electron chi connectivity index (χ1n) is 7.10. The van der Waals surface area contributed by atoms with Crippen LogP contribution in [0.4, 0.5) is 5.82 Å². The van der Waals surface area contributed by atoms with Gasteiger partial charge in [0.1, 0.15) is 17.7 Å². The van der Waals surface area contributed by atoms with Crippen LogP contribution < -0.4 is 10.1 Å². The van der Waals surface area contributed by atoms with Gasteiger partial charge in [-0.1, -0.05) is 13.8 Å². The second-order valence-electron chi connectivity index (χ2n) is 4.80. The van der Waals surface area contributed by atoms with E-state index in [4.69, 9.17) is 9.47 Å². The molecule has 0 bridgehead atoms. The van der Waals surface area contributed by atoms with Crippen molar-refractivity contribution in [2.24, 2.45) is 0 Å². The smallest absolute Gasteiger partial charge is 0.222 e. The molecule has 1 N–H and O–H groups in total. The van der Waals surface area contributed by atoms with E-state index in [2.05, 4.69) is 29.1 Å². The molecule has 0 radical (unpaired) electrons. The van der Waals surface area contributed by atoms with Crippen LogP contribution in [0.15, 0.2) is 0 Å². The summed E-state index contributed by atoms with van der Waals surface area (Å²) in [5, 5.41) is 3.34. The van der Waals surface area contributed by atoms with Crippen LogP contribution in [0, 0.1) is 6.92 Å². The lowest BCUT2D eigenvalue weighted by Gasteiger charge is -2.16. The molecule has 5 nitrogen and oxygen atoms in total. The molecule has 2 heterocycles. The minimum atomic E-state index is 0.123. The average Bonchev–Trinajstić information content (AvgIpc) is 2.92. The topological polar surface area (TPSA) is 56.3 Å². The fourth-order valence-corrected chi connectivity index (χ4v) is 1.99. The van der Waals surface area contributed by atoms with Crippen molar-refractivity contribution in [3.05, 3.63) is 11.4 Å². The number of anilines is 1. The van der Waals surface area contributed by atoms with Crippen LogP contribution in [0.25, 0.3) is 0 Å². The van der Waals surface area contributed by atoms with Crippen molar-refractivity contribution in [3.8, 4) is 5.88 Å². The summed E-state index contributed by atoms with van der Waals surface area (Å²) in [5.74, 6) is 2.40. The molecule has 0 aromatic carbocycles. The van der Waals surface area contributed by atoms with E-state index >= 15 is 0 Å². The zero-order valence-electron chi connectivity index (χ0n) is 12.0. The SMILES string of the molecule is CCCNc1nc(CC)nc(OC2CCOC2)c1C. The normalized spacial score (nSPS) is 18.6. The summed E-state index contributed by atoms with van der Waals surface area (Å²) in [6.07, 6.45) is 2.93. The van der Waals surface area contributed by atoms with Crippen LogP contribution in [-0.2, 0) is 11.2 Å². The first-order chi connectivity index (χ1) is 9.24. The standard InChI is InChI=1S/C14H23N3O2/c1-4-7-15-13-10(3)14(17-12(5-2)16-13)19-11-6-8-18-9-11/h11H,4-9H2,1-3H3,(H,15,16,17). The van der Waals surface area contributed by atoms with Gasteiger partial charge < -0.3 is 14.8 Å². The molecule has 0 aliphatic carbocycles. The van der Waals surface area contributed by atoms with E-state index in [1.54, 1.807) is 0 Å². The lowest BCUT2D eigenvalue weighted by molar-refractivity contribution is 0.137. The number of nitrogens with zero attached hydrogens (tertiary/aromatic N) is 2. The molecule has 1 aliphatic heterocycles. The van der Waals surface area contributed by atoms with E-state index in [0.29, 0.717) is 12.5 Å². The van der Waals surface area contributed by atoms with Gasteiger partial charge in [-0.2, -0.15) is 4.98 Å². The molecule has 1 saturated heterocycles. The van der Waals surface area contributed by atoms with Crippen molar-refractivity contribution in [1.82, 2.24) is 9.97 Å². The van der Waals surface area contributed by atoms with Gasteiger partial charge in [0, 0.05) is 19.4 Å². The average molecular weight is 265 g/mol. The molecule has 0 amide bonds. The summed E-state index contributed by atoms with van der Waals surface area (Å²) < 4.78 is 11.3. The van der Waals surface area contributed by atoms with Crippen LogP contribution in [-0.4, -0.2) is 35.8 Å². The van der Waals surface area contributed by atoms with Crippen molar-refractivity contribution in [1.29, 1.82) is 0 Å². The third kappa shape index (κ3) is 3.56. The van der Waals surface area contributed by atoms with Gasteiger partial charge in [0.2, 0.25) is 5.88 Å². The Morgan fingerprint density at radius 1 is 1.37 bits per heavy atom. The molecule has 1 aromatic heterocycles. The number of nitrogens with one attached hydrogen (secondary N) is 1. The zero-order chi connectivity index (χ0) is 13.7. The van der Waals surface area contributed by atoms with Gasteiger partial charge in [-0.15, -0.1) is 0 Å². The minimum Gasteiger partial charge on any atom is -0.471 e. The van der Waals surface area contributed by atoms with Gasteiger partial charge in [-0.25, -0.2) is 4.98 Å². The second-order valence-corrected chi connectivity index (χ2v) is 4.80. The van der Waals surface area contributed by atoms with Crippen molar-refractivity contribution < 1.29 is 9.47 Å². The molecule has 0 saturated carbocycles. The molecule has 5 heteroatoms. The Morgan fingerprint density at radius 3 is 2.84 bits per heavy atom. The molecular weight excluding hydrogens is 242 g/mol. The lowest BCUT2D eigenvalue weighted by atomic mass is 10.3. The maximum atomic E-state index is 5.95. The van der Waals surface area contributed by atoms with Gasteiger partial charge >= 0.3 is 0 Å². The highest BCUT2D eigenvalue weighted by Gasteiger charge is 2.20. The Labute approximate surface area is 114 Å². The molecule has 106 valence electrons. The lowest BCUT2D eigenvalue weighted by Crippen LogP contribution is -2.19. The van der Waals surface area contributed by atoms with E-state index in [9.17, 15) is 0 Å². The van der Waals surface area contributed by atoms with Crippen molar-refractivity contribution in [2.45, 2.75) is 46.1 Å². The summed E-state index contributed by atoms with van der Waals surface area (Å²) in [5.41, 5.74) is 0.984. The third-order valence-electron chi connectivity index (χ3n) is 3.17. The quantitative estimate of drug-likeness (QED) is 0.855. The van der Waals surface area contributed by atoms with Crippen LogP contribution in [0.1, 0.15) is 38.1 Å². The third-order valence-corrected chi connectivity index (χ3v) is 3.17. The summed E-state index contributed by atoms with van der Waals surface area (Å²) >= 11 is 0. The van der Waals surface area contributed by atoms with E-state index in [1.807, 2.05) is 6.92 Å². The van der Waals surface area contributed by atoms with Crippen molar-refractivity contribution >= 4 is 5.82 Å². The van der Waals surface area contributed by atoms with Crippen LogP contribution >= 0.6 is 0 Å². The molecule has 1 atom stereocenters. The first-order valence-corrected chi connectivity index (χ1v) is 7.10. The van der Waals surface area contributed by atoms with Gasteiger partial charge in [0.15, 0.2) is 0 Å². The first kappa shape index (κ1) is 14.1. The number of rotatable bonds is 6. The Morgan fingerprint density at radius 2 is 2.21 bits per heavy atom. The summed E-state index contributed by atoms with van der Waals surface area (Å²) in [6, 6.07) is 0. The Balaban J connectivity index is 2.19. The molecule has 1 fully saturated rings. The summed E-state index contributed by atoms with van der Waals surface area (Å²) in [4.78, 5) is 9.02. The molecule has 1 unspecified atom stereocenters. The fraction of sp³-hybridized carbons (Fsp3) is 0.714. The molecule has 19 heavy (non-hydrogen) atoms. The fourth-order valence-electron chi connectivity index (χ4n) is 1.99. The molecule has 2 rings (SSSR count). The highest BCUT2D eigenvalue weighted by Crippen LogP contribution is 2.24. The number of aromatic nitrogens is 2. The predicted molar refractivity (Wildman–Crippen MR) is 74.8 cm³/mol. The van der Waals surface area contributed by atoms with Crippen molar-refractivity contribution in [3.63, 3.8) is 0 Å². The predicted octanol–water partition coefficient (Wildman–Crippen LogP) is 2.34. The number of aryl methyl sites for hydroxylation is 1. The second kappa shape index (κ2) is 6.70. The largest absolute Gasteiger partial charge is 0.471 e. The number of hydrogen-bond donors (Lipinski definition) is 1. The van der Waals surface area contributed by atoms with Gasteiger partial charge in [-0.05, 0) is 13.3 Å².